The van der Waals surface area contributed by atoms with Crippen molar-refractivity contribution in [2.45, 2.75) is 18.4 Å². The van der Waals surface area contributed by atoms with Crippen LogP contribution in [0.25, 0.3) is 0 Å². The van der Waals surface area contributed by atoms with Gasteiger partial charge in [0.25, 0.3) is 0 Å². The summed E-state index contributed by atoms with van der Waals surface area (Å²) in [6.07, 6.45) is 1.25. The summed E-state index contributed by atoms with van der Waals surface area (Å²) in [5.41, 5.74) is 0.0799. The SMILES string of the molecule is OC1(c2cc(Cl)cc(Br)c2)CCOCC1. The van der Waals surface area contributed by atoms with Crippen molar-refractivity contribution in [1.29, 1.82) is 0 Å². The van der Waals surface area contributed by atoms with Crippen molar-refractivity contribution in [2.24, 2.45) is 0 Å². The van der Waals surface area contributed by atoms with E-state index in [1.165, 1.54) is 0 Å². The van der Waals surface area contributed by atoms with Gasteiger partial charge in [0.2, 0.25) is 0 Å². The van der Waals surface area contributed by atoms with Crippen LogP contribution in [0.2, 0.25) is 5.02 Å². The molecule has 4 heteroatoms. The number of ether oxygens (including phenoxy) is 1. The minimum absolute atomic E-state index is 0.598. The first-order valence-electron chi connectivity index (χ1n) is 4.87. The second-order valence-corrected chi connectivity index (χ2v) is 5.15. The van der Waals surface area contributed by atoms with E-state index >= 15 is 0 Å². The Morgan fingerprint density at radius 1 is 1.27 bits per heavy atom. The normalized spacial score (nSPS) is 20.2. The molecule has 1 saturated heterocycles. The van der Waals surface area contributed by atoms with Crippen LogP contribution in [-0.4, -0.2) is 18.3 Å². The van der Waals surface area contributed by atoms with Gasteiger partial charge in [-0.05, 0) is 23.8 Å². The van der Waals surface area contributed by atoms with E-state index in [2.05, 4.69) is 15.9 Å². The van der Waals surface area contributed by atoms with Crippen LogP contribution in [-0.2, 0) is 10.3 Å². The molecular formula is C11H12BrClO2. The minimum Gasteiger partial charge on any atom is -0.385 e. The van der Waals surface area contributed by atoms with E-state index in [9.17, 15) is 5.11 Å². The lowest BCUT2D eigenvalue weighted by Crippen LogP contribution is -2.33. The van der Waals surface area contributed by atoms with E-state index in [0.29, 0.717) is 31.1 Å². The summed E-state index contributed by atoms with van der Waals surface area (Å²) in [5.74, 6) is 0. The third kappa shape index (κ3) is 2.53. The van der Waals surface area contributed by atoms with Crippen molar-refractivity contribution < 1.29 is 9.84 Å². The zero-order valence-electron chi connectivity index (χ0n) is 8.17. The fourth-order valence-corrected chi connectivity index (χ4v) is 2.68. The largest absolute Gasteiger partial charge is 0.385 e. The number of hydrogen-bond donors (Lipinski definition) is 1. The Labute approximate surface area is 102 Å². The molecule has 1 aromatic rings. The predicted molar refractivity (Wildman–Crippen MR) is 63.1 cm³/mol. The molecule has 0 unspecified atom stereocenters. The van der Waals surface area contributed by atoms with Crippen LogP contribution in [0.1, 0.15) is 18.4 Å². The van der Waals surface area contributed by atoms with Gasteiger partial charge in [-0.3, -0.25) is 0 Å². The van der Waals surface area contributed by atoms with E-state index in [4.69, 9.17) is 16.3 Å². The van der Waals surface area contributed by atoms with Crippen molar-refractivity contribution in [3.8, 4) is 0 Å². The molecule has 0 spiro atoms. The highest BCUT2D eigenvalue weighted by Gasteiger charge is 2.32. The molecular weight excluding hydrogens is 279 g/mol. The molecule has 0 radical (unpaired) electrons. The average Bonchev–Trinajstić information content (AvgIpc) is 2.17. The lowest BCUT2D eigenvalue weighted by Gasteiger charge is -2.32. The number of aliphatic hydroxyl groups is 1. The third-order valence-corrected chi connectivity index (χ3v) is 3.40. The van der Waals surface area contributed by atoms with Crippen LogP contribution in [0.15, 0.2) is 22.7 Å². The Morgan fingerprint density at radius 3 is 2.53 bits per heavy atom. The van der Waals surface area contributed by atoms with E-state index in [0.717, 1.165) is 10.0 Å². The van der Waals surface area contributed by atoms with Gasteiger partial charge in [0.05, 0.1) is 5.60 Å². The zero-order valence-corrected chi connectivity index (χ0v) is 10.5. The van der Waals surface area contributed by atoms with E-state index in [1.807, 2.05) is 18.2 Å². The zero-order chi connectivity index (χ0) is 10.9. The lowest BCUT2D eigenvalue weighted by atomic mass is 9.86. The van der Waals surface area contributed by atoms with Crippen LogP contribution < -0.4 is 0 Å². The van der Waals surface area contributed by atoms with Gasteiger partial charge >= 0.3 is 0 Å². The number of rotatable bonds is 1. The van der Waals surface area contributed by atoms with Gasteiger partial charge in [-0.25, -0.2) is 0 Å². The van der Waals surface area contributed by atoms with Gasteiger partial charge in [-0.2, -0.15) is 0 Å². The molecule has 1 fully saturated rings. The molecule has 15 heavy (non-hydrogen) atoms. The highest BCUT2D eigenvalue weighted by Crippen LogP contribution is 2.34. The van der Waals surface area contributed by atoms with Crippen LogP contribution >= 0.6 is 27.5 Å². The Bertz CT molecular complexity index is 341. The predicted octanol–water partition coefficient (Wildman–Crippen LogP) is 3.10. The van der Waals surface area contributed by atoms with Crippen molar-refractivity contribution in [2.75, 3.05) is 13.2 Å². The van der Waals surface area contributed by atoms with Crippen LogP contribution in [0.5, 0.6) is 0 Å². The molecule has 0 amide bonds. The maximum Gasteiger partial charge on any atom is 0.0941 e. The standard InChI is InChI=1S/C11H12BrClO2/c12-9-5-8(6-10(13)7-9)11(14)1-3-15-4-2-11/h5-7,14H,1-4H2. The topological polar surface area (TPSA) is 29.5 Å². The molecule has 0 aromatic heterocycles. The molecule has 0 bridgehead atoms. The molecule has 1 aromatic carbocycles. The van der Waals surface area contributed by atoms with Gasteiger partial charge in [0.15, 0.2) is 0 Å². The maximum absolute atomic E-state index is 10.4. The summed E-state index contributed by atoms with van der Waals surface area (Å²) in [5, 5.41) is 11.1. The number of hydrogen-bond acceptors (Lipinski definition) is 2. The molecule has 2 nitrogen and oxygen atoms in total. The summed E-state index contributed by atoms with van der Waals surface area (Å²) >= 11 is 9.34. The van der Waals surface area contributed by atoms with Gasteiger partial charge in [0.1, 0.15) is 0 Å². The Balaban J connectivity index is 2.34. The van der Waals surface area contributed by atoms with E-state index < -0.39 is 5.60 Å². The molecule has 0 saturated carbocycles. The molecule has 0 aliphatic carbocycles. The van der Waals surface area contributed by atoms with E-state index in [1.54, 1.807) is 0 Å². The average molecular weight is 292 g/mol. The summed E-state index contributed by atoms with van der Waals surface area (Å²) in [4.78, 5) is 0. The third-order valence-electron chi connectivity index (χ3n) is 2.72. The maximum atomic E-state index is 10.4. The quantitative estimate of drug-likeness (QED) is 0.861. The highest BCUT2D eigenvalue weighted by molar-refractivity contribution is 9.10. The Hall–Kier alpha value is -0.0900. The molecule has 1 aliphatic rings. The van der Waals surface area contributed by atoms with E-state index in [-0.39, 0.29) is 0 Å². The second kappa shape index (κ2) is 4.42. The lowest BCUT2D eigenvalue weighted by molar-refractivity contribution is -0.0679. The van der Waals surface area contributed by atoms with Crippen LogP contribution in [0, 0.1) is 0 Å². The highest BCUT2D eigenvalue weighted by atomic mass is 79.9. The molecule has 1 heterocycles. The fraction of sp³-hybridized carbons (Fsp3) is 0.455. The van der Waals surface area contributed by atoms with Crippen LogP contribution in [0.3, 0.4) is 0 Å². The Kier molecular flexibility index (Phi) is 3.36. The number of halogens is 2. The fourth-order valence-electron chi connectivity index (χ4n) is 1.82. The molecule has 2 rings (SSSR count). The van der Waals surface area contributed by atoms with Gasteiger partial charge in [0, 0.05) is 35.6 Å². The first-order valence-corrected chi connectivity index (χ1v) is 6.04. The monoisotopic (exact) mass is 290 g/mol. The smallest absolute Gasteiger partial charge is 0.0941 e. The molecule has 82 valence electrons. The van der Waals surface area contributed by atoms with Gasteiger partial charge < -0.3 is 9.84 Å². The van der Waals surface area contributed by atoms with Gasteiger partial charge in [-0.1, -0.05) is 27.5 Å². The second-order valence-electron chi connectivity index (χ2n) is 3.80. The molecule has 1 N–H and O–H groups in total. The number of benzene rings is 1. The minimum atomic E-state index is -0.786. The van der Waals surface area contributed by atoms with Gasteiger partial charge in [-0.15, -0.1) is 0 Å². The van der Waals surface area contributed by atoms with Crippen molar-refractivity contribution in [3.63, 3.8) is 0 Å². The first-order chi connectivity index (χ1) is 7.10. The van der Waals surface area contributed by atoms with Crippen molar-refractivity contribution in [3.05, 3.63) is 33.3 Å². The Morgan fingerprint density at radius 2 is 1.93 bits per heavy atom. The summed E-state index contributed by atoms with van der Waals surface area (Å²) < 4.78 is 6.14. The van der Waals surface area contributed by atoms with Crippen molar-refractivity contribution in [1.82, 2.24) is 0 Å². The summed E-state index contributed by atoms with van der Waals surface area (Å²) in [6, 6.07) is 5.54. The molecule has 0 atom stereocenters. The van der Waals surface area contributed by atoms with Crippen molar-refractivity contribution >= 4 is 27.5 Å². The first kappa shape index (κ1) is 11.4. The summed E-state index contributed by atoms with van der Waals surface area (Å²) in [7, 11) is 0. The molecule has 1 aliphatic heterocycles. The van der Waals surface area contributed by atoms with Crippen LogP contribution in [0.4, 0.5) is 0 Å². The summed E-state index contributed by atoms with van der Waals surface area (Å²) in [6.45, 7) is 1.20.